The summed E-state index contributed by atoms with van der Waals surface area (Å²) in [6.45, 7) is 0. The van der Waals surface area contributed by atoms with E-state index in [0.717, 1.165) is 19.3 Å². The number of benzene rings is 2. The van der Waals surface area contributed by atoms with Gasteiger partial charge in [0.05, 0.1) is 18.1 Å². The van der Waals surface area contributed by atoms with Crippen molar-refractivity contribution in [3.05, 3.63) is 105 Å². The molecule has 8 nitrogen and oxygen atoms in total. The van der Waals surface area contributed by atoms with Crippen molar-refractivity contribution in [1.29, 1.82) is 0 Å². The average Bonchev–Trinajstić information content (AvgIpc) is 3.00. The smallest absolute Gasteiger partial charge is 0.355 e. The fourth-order valence-corrected chi connectivity index (χ4v) is 8.04. The van der Waals surface area contributed by atoms with E-state index in [1.807, 2.05) is 6.07 Å². The number of amides is 1. The number of halogens is 1. The first-order valence-corrected chi connectivity index (χ1v) is 14.7. The molecule has 2 aromatic carbocycles. The Kier molecular flexibility index (Phi) is 6.65. The van der Waals surface area contributed by atoms with Crippen LogP contribution in [0.15, 0.2) is 71.7 Å². The molecule has 4 aliphatic carbocycles. The molecule has 9 heteroatoms. The highest BCUT2D eigenvalue weighted by Crippen LogP contribution is 2.55. The highest BCUT2D eigenvalue weighted by atomic mass is 19.1. The van der Waals surface area contributed by atoms with Crippen molar-refractivity contribution in [1.82, 2.24) is 14.9 Å². The normalized spacial score (nSPS) is 25.6. The molecule has 2 aromatic heterocycles. The van der Waals surface area contributed by atoms with Gasteiger partial charge in [-0.25, -0.2) is 14.2 Å². The minimum Gasteiger partial charge on any atom is -0.464 e. The molecule has 4 bridgehead atoms. The van der Waals surface area contributed by atoms with Gasteiger partial charge in [-0.1, -0.05) is 24.3 Å². The standard InChI is InChI=1S/C34H32FN3O5/c1-43-33(41)29-26(30(39)25-8-5-11-36-31(25)38(29)24-6-3-2-4-7-24)14-20-9-10-21(15-27(20)35)32(40)37-28-22-12-19-13-23(28)18-34(42,16-19)17-22/h2-11,15,19,22-23,28,42H,12-14,16-18H2,1H3,(H,37,40)/t19?,22-,23+,28?,34?. The van der Waals surface area contributed by atoms with Crippen LogP contribution in [-0.2, 0) is 11.2 Å². The summed E-state index contributed by atoms with van der Waals surface area (Å²) in [5.41, 5.74) is 0.218. The number of esters is 1. The predicted molar refractivity (Wildman–Crippen MR) is 158 cm³/mol. The maximum Gasteiger partial charge on any atom is 0.355 e. The van der Waals surface area contributed by atoms with E-state index in [1.54, 1.807) is 47.0 Å². The Bertz CT molecular complexity index is 1800. The molecule has 2 heterocycles. The fourth-order valence-electron chi connectivity index (χ4n) is 8.04. The minimum absolute atomic E-state index is 0.0302. The number of pyridine rings is 2. The second-order valence-corrected chi connectivity index (χ2v) is 12.4. The molecule has 1 amide bonds. The summed E-state index contributed by atoms with van der Waals surface area (Å²) < 4.78 is 22.3. The molecule has 4 aromatic rings. The molecular weight excluding hydrogens is 549 g/mol. The summed E-state index contributed by atoms with van der Waals surface area (Å²) >= 11 is 0. The van der Waals surface area contributed by atoms with Gasteiger partial charge in [0.25, 0.3) is 5.91 Å². The van der Waals surface area contributed by atoms with Gasteiger partial charge in [0, 0.05) is 35.5 Å². The molecular formula is C34H32FN3O5. The first-order chi connectivity index (χ1) is 20.7. The predicted octanol–water partition coefficient (Wildman–Crippen LogP) is 4.57. The van der Waals surface area contributed by atoms with Crippen molar-refractivity contribution in [3.63, 3.8) is 0 Å². The third-order valence-corrected chi connectivity index (χ3v) is 9.64. The number of aliphatic hydroxyl groups is 1. The van der Waals surface area contributed by atoms with Crippen molar-refractivity contribution in [2.24, 2.45) is 17.8 Å². The summed E-state index contributed by atoms with van der Waals surface area (Å²) in [7, 11) is 1.23. The first kappa shape index (κ1) is 27.5. The SMILES string of the molecule is COC(=O)c1c(Cc2ccc(C(=O)NC3[C@@H]4CC5C[C@H]3CC(O)(C5)C4)cc2F)c(=O)c2cccnc2n1-c1ccccc1. The third-order valence-electron chi connectivity index (χ3n) is 9.64. The average molecular weight is 582 g/mol. The number of carbonyl (C=O) groups is 2. The number of carbonyl (C=O) groups excluding carboxylic acids is 2. The largest absolute Gasteiger partial charge is 0.464 e. The zero-order chi connectivity index (χ0) is 29.9. The zero-order valence-electron chi connectivity index (χ0n) is 23.8. The number of methoxy groups -OCH3 is 1. The van der Waals surface area contributed by atoms with Gasteiger partial charge in [0.2, 0.25) is 0 Å². The second-order valence-electron chi connectivity index (χ2n) is 12.4. The van der Waals surface area contributed by atoms with Crippen LogP contribution in [0.1, 0.15) is 64.1 Å². The number of rotatable bonds is 6. The van der Waals surface area contributed by atoms with E-state index in [0.29, 0.717) is 24.4 Å². The van der Waals surface area contributed by atoms with E-state index in [-0.39, 0.29) is 63.6 Å². The number of para-hydroxylation sites is 1. The quantitative estimate of drug-likeness (QED) is 0.323. The van der Waals surface area contributed by atoms with Gasteiger partial charge in [0.1, 0.15) is 17.2 Å². The molecule has 3 unspecified atom stereocenters. The van der Waals surface area contributed by atoms with Gasteiger partial charge >= 0.3 is 5.97 Å². The lowest BCUT2D eigenvalue weighted by atomic mass is 9.52. The van der Waals surface area contributed by atoms with E-state index in [2.05, 4.69) is 10.3 Å². The summed E-state index contributed by atoms with van der Waals surface area (Å²) in [4.78, 5) is 44.6. The molecule has 0 radical (unpaired) electrons. The second kappa shape index (κ2) is 10.4. The topological polar surface area (TPSA) is 111 Å². The molecule has 0 spiro atoms. The van der Waals surface area contributed by atoms with Gasteiger partial charge in [-0.15, -0.1) is 0 Å². The van der Waals surface area contributed by atoms with E-state index in [1.165, 1.54) is 25.4 Å². The number of nitrogens with zero attached hydrogens (tertiary/aromatic N) is 2. The Balaban J connectivity index is 1.23. The van der Waals surface area contributed by atoms with Crippen molar-refractivity contribution >= 4 is 22.9 Å². The Morgan fingerprint density at radius 1 is 1.07 bits per heavy atom. The maximum absolute atomic E-state index is 15.6. The van der Waals surface area contributed by atoms with Gasteiger partial charge in [-0.05, 0) is 91.8 Å². The minimum atomic E-state index is -0.750. The van der Waals surface area contributed by atoms with Crippen molar-refractivity contribution < 1.29 is 23.8 Å². The number of ether oxygens (including phenoxy) is 1. The van der Waals surface area contributed by atoms with Crippen LogP contribution in [-0.4, -0.2) is 45.3 Å². The van der Waals surface area contributed by atoms with Crippen LogP contribution in [0.2, 0.25) is 0 Å². The summed E-state index contributed by atoms with van der Waals surface area (Å²) in [5, 5.41) is 14.3. The highest BCUT2D eigenvalue weighted by molar-refractivity contribution is 5.95. The van der Waals surface area contributed by atoms with Crippen LogP contribution in [0.5, 0.6) is 0 Å². The molecule has 220 valence electrons. The van der Waals surface area contributed by atoms with Crippen LogP contribution < -0.4 is 10.7 Å². The summed E-state index contributed by atoms with van der Waals surface area (Å²) in [5.74, 6) is -0.779. The van der Waals surface area contributed by atoms with E-state index < -0.39 is 22.8 Å². The molecule has 0 saturated heterocycles. The lowest BCUT2D eigenvalue weighted by molar-refractivity contribution is -0.136. The number of aromatic nitrogens is 2. The summed E-state index contributed by atoms with van der Waals surface area (Å²) in [6, 6.07) is 16.5. The van der Waals surface area contributed by atoms with Crippen LogP contribution in [0.25, 0.3) is 16.7 Å². The number of hydrogen-bond donors (Lipinski definition) is 2. The first-order valence-electron chi connectivity index (χ1n) is 14.7. The molecule has 5 atom stereocenters. The van der Waals surface area contributed by atoms with E-state index in [9.17, 15) is 19.5 Å². The lowest BCUT2D eigenvalue weighted by Crippen LogP contribution is -2.61. The third kappa shape index (κ3) is 4.72. The number of hydrogen-bond acceptors (Lipinski definition) is 6. The molecule has 4 fully saturated rings. The monoisotopic (exact) mass is 581 g/mol. The summed E-state index contributed by atoms with van der Waals surface area (Å²) in [6.07, 6.45) is 5.60. The van der Waals surface area contributed by atoms with Gasteiger partial charge in [-0.3, -0.25) is 14.2 Å². The molecule has 43 heavy (non-hydrogen) atoms. The maximum atomic E-state index is 15.6. The van der Waals surface area contributed by atoms with E-state index in [4.69, 9.17) is 4.74 Å². The molecule has 4 aliphatic rings. The molecule has 4 saturated carbocycles. The number of nitrogens with one attached hydrogen (secondary N) is 1. The van der Waals surface area contributed by atoms with Crippen molar-refractivity contribution in [2.45, 2.75) is 50.2 Å². The van der Waals surface area contributed by atoms with Crippen LogP contribution in [0, 0.1) is 23.6 Å². The fraction of sp³-hybridized carbons (Fsp3) is 0.353. The van der Waals surface area contributed by atoms with Crippen LogP contribution >= 0.6 is 0 Å². The molecule has 8 rings (SSSR count). The Labute approximate surface area is 247 Å². The molecule has 0 aliphatic heterocycles. The Hall–Kier alpha value is -4.37. The van der Waals surface area contributed by atoms with Gasteiger partial charge in [0.15, 0.2) is 5.43 Å². The Morgan fingerprint density at radius 3 is 2.49 bits per heavy atom. The van der Waals surface area contributed by atoms with Crippen LogP contribution in [0.3, 0.4) is 0 Å². The van der Waals surface area contributed by atoms with Crippen molar-refractivity contribution in [2.75, 3.05) is 7.11 Å². The number of fused-ring (bicyclic) bond motifs is 1. The lowest BCUT2D eigenvalue weighted by Gasteiger charge is -2.58. The van der Waals surface area contributed by atoms with Crippen molar-refractivity contribution in [3.8, 4) is 5.69 Å². The highest BCUT2D eigenvalue weighted by Gasteiger charge is 2.55. The molecule has 2 N–H and O–H groups in total. The Morgan fingerprint density at radius 2 is 1.81 bits per heavy atom. The zero-order valence-corrected chi connectivity index (χ0v) is 23.8. The van der Waals surface area contributed by atoms with Crippen LogP contribution in [0.4, 0.5) is 4.39 Å². The van der Waals surface area contributed by atoms with E-state index >= 15 is 4.39 Å². The van der Waals surface area contributed by atoms with Gasteiger partial charge in [-0.2, -0.15) is 0 Å². The van der Waals surface area contributed by atoms with Gasteiger partial charge < -0.3 is 15.2 Å².